The van der Waals surface area contributed by atoms with E-state index in [1.165, 1.54) is 0 Å². The second kappa shape index (κ2) is 7.51. The first-order chi connectivity index (χ1) is 10.5. The van der Waals surface area contributed by atoms with E-state index in [9.17, 15) is 8.42 Å². The van der Waals surface area contributed by atoms with Crippen LogP contribution in [-0.2, 0) is 16.4 Å². The molecule has 0 aliphatic heterocycles. The Morgan fingerprint density at radius 3 is 2.77 bits per heavy atom. The van der Waals surface area contributed by atoms with Crippen molar-refractivity contribution in [3.05, 3.63) is 35.7 Å². The third-order valence-electron chi connectivity index (χ3n) is 3.28. The van der Waals surface area contributed by atoms with Crippen LogP contribution in [0.15, 0.2) is 28.8 Å². The molecule has 2 aromatic rings. The molecule has 1 aromatic carbocycles. The van der Waals surface area contributed by atoms with Crippen molar-refractivity contribution in [2.45, 2.75) is 33.1 Å². The molecule has 1 N–H and O–H groups in total. The lowest BCUT2D eigenvalue weighted by Gasteiger charge is -2.03. The van der Waals surface area contributed by atoms with Gasteiger partial charge in [-0.1, -0.05) is 42.8 Å². The largest absolute Gasteiger partial charge is 0.339 e. The van der Waals surface area contributed by atoms with Crippen molar-refractivity contribution in [2.24, 2.45) is 0 Å². The molecule has 1 aromatic heterocycles. The van der Waals surface area contributed by atoms with E-state index in [1.807, 2.05) is 38.1 Å². The number of benzene rings is 1. The maximum atomic E-state index is 11.7. The Kier molecular flexibility index (Phi) is 5.68. The van der Waals surface area contributed by atoms with E-state index in [4.69, 9.17) is 4.52 Å². The normalized spacial score (nSPS) is 11.7. The molecule has 0 spiro atoms. The smallest absolute Gasteiger partial charge is 0.228 e. The van der Waals surface area contributed by atoms with Crippen molar-refractivity contribution < 1.29 is 12.9 Å². The van der Waals surface area contributed by atoms with Crippen LogP contribution in [0.4, 0.5) is 0 Å². The zero-order chi connectivity index (χ0) is 16.0. The summed E-state index contributed by atoms with van der Waals surface area (Å²) in [5.74, 6) is 1.11. The Morgan fingerprint density at radius 1 is 1.27 bits per heavy atom. The number of hydrogen-bond donors (Lipinski definition) is 1. The van der Waals surface area contributed by atoms with Crippen LogP contribution in [0.2, 0.25) is 0 Å². The topological polar surface area (TPSA) is 85.1 Å². The minimum absolute atomic E-state index is 0.155. The number of aryl methyl sites for hydroxylation is 1. The van der Waals surface area contributed by atoms with Gasteiger partial charge in [-0.25, -0.2) is 13.1 Å². The first kappa shape index (κ1) is 16.6. The third kappa shape index (κ3) is 4.64. The molecule has 0 fully saturated rings. The Labute approximate surface area is 131 Å². The Bertz CT molecular complexity index is 710. The van der Waals surface area contributed by atoms with E-state index in [1.54, 1.807) is 0 Å². The fraction of sp³-hybridized carbons (Fsp3) is 0.467. The molecule has 0 atom stereocenters. The average molecular weight is 323 g/mol. The number of unbranched alkanes of at least 4 members (excludes halogenated alkanes) is 1. The molecule has 2 rings (SSSR count). The highest BCUT2D eigenvalue weighted by Crippen LogP contribution is 2.19. The van der Waals surface area contributed by atoms with E-state index in [0.29, 0.717) is 24.6 Å². The van der Waals surface area contributed by atoms with E-state index in [2.05, 4.69) is 14.9 Å². The maximum absolute atomic E-state index is 11.7. The van der Waals surface area contributed by atoms with Gasteiger partial charge in [0.1, 0.15) is 0 Å². The summed E-state index contributed by atoms with van der Waals surface area (Å²) < 4.78 is 31.1. The Balaban J connectivity index is 1.92. The van der Waals surface area contributed by atoms with Crippen LogP contribution in [0.3, 0.4) is 0 Å². The molecule has 6 nitrogen and oxygen atoms in total. The fourth-order valence-electron chi connectivity index (χ4n) is 2.01. The van der Waals surface area contributed by atoms with E-state index < -0.39 is 10.0 Å². The minimum Gasteiger partial charge on any atom is -0.339 e. The molecule has 0 aliphatic rings. The summed E-state index contributed by atoms with van der Waals surface area (Å²) in [7, 11) is -3.21. The molecule has 0 radical (unpaired) electrons. The summed E-state index contributed by atoms with van der Waals surface area (Å²) >= 11 is 0. The first-order valence-corrected chi connectivity index (χ1v) is 9.03. The number of nitrogens with one attached hydrogen (secondary N) is 1. The van der Waals surface area contributed by atoms with Gasteiger partial charge in [-0.3, -0.25) is 0 Å². The van der Waals surface area contributed by atoms with Gasteiger partial charge < -0.3 is 4.52 Å². The molecule has 1 heterocycles. The van der Waals surface area contributed by atoms with Gasteiger partial charge in [-0.2, -0.15) is 4.98 Å². The molecule has 0 unspecified atom stereocenters. The van der Waals surface area contributed by atoms with Crippen LogP contribution >= 0.6 is 0 Å². The van der Waals surface area contributed by atoms with E-state index in [-0.39, 0.29) is 12.3 Å². The monoisotopic (exact) mass is 323 g/mol. The number of hydrogen-bond acceptors (Lipinski definition) is 5. The summed E-state index contributed by atoms with van der Waals surface area (Å²) in [6.45, 7) is 4.20. The standard InChI is InChI=1S/C15H21N3O3S/c1-3-4-11-22(19,20)16-10-9-14-17-15(18-21-14)13-8-6-5-7-12(13)2/h5-8,16H,3-4,9-11H2,1-2H3. The molecule has 0 bridgehead atoms. The number of rotatable bonds is 8. The van der Waals surface area contributed by atoms with Gasteiger partial charge in [0.15, 0.2) is 0 Å². The Hall–Kier alpha value is -1.73. The lowest BCUT2D eigenvalue weighted by Crippen LogP contribution is -2.28. The number of nitrogens with zero attached hydrogens (tertiary/aromatic N) is 2. The van der Waals surface area contributed by atoms with Crippen LogP contribution in [0.1, 0.15) is 31.2 Å². The highest BCUT2D eigenvalue weighted by molar-refractivity contribution is 7.89. The average Bonchev–Trinajstić information content (AvgIpc) is 2.94. The van der Waals surface area contributed by atoms with Gasteiger partial charge in [-0.15, -0.1) is 0 Å². The minimum atomic E-state index is -3.21. The molecular formula is C15H21N3O3S. The SMILES string of the molecule is CCCCS(=O)(=O)NCCc1nc(-c2ccccc2C)no1. The molecule has 0 saturated heterocycles. The van der Waals surface area contributed by atoms with Crippen molar-refractivity contribution in [3.8, 4) is 11.4 Å². The number of sulfonamides is 1. The summed E-state index contributed by atoms with van der Waals surface area (Å²) in [5, 5.41) is 3.95. The highest BCUT2D eigenvalue weighted by atomic mass is 32.2. The predicted octanol–water partition coefficient (Wildman–Crippen LogP) is 2.31. The predicted molar refractivity (Wildman–Crippen MR) is 84.9 cm³/mol. The molecule has 0 saturated carbocycles. The first-order valence-electron chi connectivity index (χ1n) is 7.38. The van der Waals surface area contributed by atoms with Gasteiger partial charge >= 0.3 is 0 Å². The fourth-order valence-corrected chi connectivity index (χ4v) is 3.24. The van der Waals surface area contributed by atoms with Crippen molar-refractivity contribution >= 4 is 10.0 Å². The van der Waals surface area contributed by atoms with Crippen molar-refractivity contribution in [1.82, 2.24) is 14.9 Å². The second-order valence-electron chi connectivity index (χ2n) is 5.14. The van der Waals surface area contributed by atoms with Crippen LogP contribution in [-0.4, -0.2) is 30.9 Å². The zero-order valence-electron chi connectivity index (χ0n) is 12.9. The van der Waals surface area contributed by atoms with Crippen molar-refractivity contribution in [2.75, 3.05) is 12.3 Å². The van der Waals surface area contributed by atoms with Gasteiger partial charge in [0.05, 0.1) is 5.75 Å². The van der Waals surface area contributed by atoms with Crippen LogP contribution in [0.5, 0.6) is 0 Å². The van der Waals surface area contributed by atoms with Gasteiger partial charge in [0, 0.05) is 18.5 Å². The van der Waals surface area contributed by atoms with E-state index in [0.717, 1.165) is 17.5 Å². The van der Waals surface area contributed by atoms with Gasteiger partial charge in [0.25, 0.3) is 0 Å². The summed E-state index contributed by atoms with van der Waals surface area (Å²) in [6, 6.07) is 7.77. The Morgan fingerprint density at radius 2 is 2.05 bits per heavy atom. The van der Waals surface area contributed by atoms with Crippen molar-refractivity contribution in [1.29, 1.82) is 0 Å². The van der Waals surface area contributed by atoms with Crippen LogP contribution in [0, 0.1) is 6.92 Å². The lowest BCUT2D eigenvalue weighted by atomic mass is 10.1. The van der Waals surface area contributed by atoms with Gasteiger partial charge in [-0.05, 0) is 18.9 Å². The number of aromatic nitrogens is 2. The zero-order valence-corrected chi connectivity index (χ0v) is 13.7. The van der Waals surface area contributed by atoms with E-state index >= 15 is 0 Å². The molecule has 120 valence electrons. The maximum Gasteiger partial charge on any atom is 0.228 e. The quantitative estimate of drug-likeness (QED) is 0.805. The second-order valence-corrected chi connectivity index (χ2v) is 7.07. The molecule has 22 heavy (non-hydrogen) atoms. The van der Waals surface area contributed by atoms with Gasteiger partial charge in [0.2, 0.25) is 21.7 Å². The third-order valence-corrected chi connectivity index (χ3v) is 4.75. The summed E-state index contributed by atoms with van der Waals surface area (Å²) in [5.41, 5.74) is 1.98. The van der Waals surface area contributed by atoms with Crippen molar-refractivity contribution in [3.63, 3.8) is 0 Å². The highest BCUT2D eigenvalue weighted by Gasteiger charge is 2.12. The summed E-state index contributed by atoms with van der Waals surface area (Å²) in [6.07, 6.45) is 1.89. The molecule has 7 heteroatoms. The van der Waals surface area contributed by atoms with Crippen LogP contribution in [0.25, 0.3) is 11.4 Å². The molecule has 0 aliphatic carbocycles. The van der Waals surface area contributed by atoms with Crippen LogP contribution < -0.4 is 4.72 Å². The lowest BCUT2D eigenvalue weighted by molar-refractivity contribution is 0.379. The molecule has 0 amide bonds. The summed E-state index contributed by atoms with van der Waals surface area (Å²) in [4.78, 5) is 4.31. The molecular weight excluding hydrogens is 302 g/mol.